The van der Waals surface area contributed by atoms with Crippen LogP contribution in [0.2, 0.25) is 0 Å². The molecule has 0 aliphatic carbocycles. The van der Waals surface area contributed by atoms with Gasteiger partial charge in [0.05, 0.1) is 16.6 Å². The number of hydrogen-bond acceptors (Lipinski definition) is 4. The first kappa shape index (κ1) is 14.6. The Hall–Kier alpha value is -2.83. The highest BCUT2D eigenvalue weighted by atomic mass is 19.1. The second kappa shape index (κ2) is 5.66. The van der Waals surface area contributed by atoms with Gasteiger partial charge in [0.2, 0.25) is 5.82 Å². The fourth-order valence-electron chi connectivity index (χ4n) is 1.70. The van der Waals surface area contributed by atoms with E-state index in [-0.39, 0.29) is 17.1 Å². The van der Waals surface area contributed by atoms with E-state index < -0.39 is 28.0 Å². The molecule has 0 saturated carbocycles. The highest BCUT2D eigenvalue weighted by Gasteiger charge is 2.20. The van der Waals surface area contributed by atoms with E-state index in [1.807, 2.05) is 0 Å². The Kier molecular flexibility index (Phi) is 3.93. The van der Waals surface area contributed by atoms with E-state index in [2.05, 4.69) is 0 Å². The summed E-state index contributed by atoms with van der Waals surface area (Å²) in [6.07, 6.45) is 0. The summed E-state index contributed by atoms with van der Waals surface area (Å²) in [6, 6.07) is 7.04. The summed E-state index contributed by atoms with van der Waals surface area (Å²) < 4.78 is 32.4. The van der Waals surface area contributed by atoms with Gasteiger partial charge in [0.25, 0.3) is 0 Å². The summed E-state index contributed by atoms with van der Waals surface area (Å²) in [5.41, 5.74) is -0.796. The number of carbonyl (C=O) groups is 1. The zero-order valence-electron chi connectivity index (χ0n) is 10.8. The molecule has 5 nitrogen and oxygen atoms in total. The Balaban J connectivity index is 2.44. The lowest BCUT2D eigenvalue weighted by atomic mass is 10.1. The first-order chi connectivity index (χ1) is 9.90. The minimum absolute atomic E-state index is 0.0390. The van der Waals surface area contributed by atoms with E-state index in [9.17, 15) is 23.7 Å². The number of ketones is 1. The molecular formula is C14H9F2NO4. The Labute approximate surface area is 117 Å². The molecule has 21 heavy (non-hydrogen) atoms. The number of benzene rings is 2. The maximum absolute atomic E-state index is 13.7. The number of para-hydroxylation sites is 1. The molecule has 0 amide bonds. The molecule has 0 aliphatic rings. The van der Waals surface area contributed by atoms with Crippen molar-refractivity contribution in [1.82, 2.24) is 0 Å². The van der Waals surface area contributed by atoms with Crippen LogP contribution in [0.3, 0.4) is 0 Å². The normalized spacial score (nSPS) is 10.2. The van der Waals surface area contributed by atoms with E-state index in [1.165, 1.54) is 19.1 Å². The molecule has 7 heteroatoms. The largest absolute Gasteiger partial charge is 0.453 e. The second-order valence-corrected chi connectivity index (χ2v) is 4.15. The summed E-state index contributed by atoms with van der Waals surface area (Å²) in [4.78, 5) is 20.9. The van der Waals surface area contributed by atoms with Crippen molar-refractivity contribution in [1.29, 1.82) is 0 Å². The van der Waals surface area contributed by atoms with Crippen LogP contribution in [0, 0.1) is 21.7 Å². The lowest BCUT2D eigenvalue weighted by Gasteiger charge is -2.10. The van der Waals surface area contributed by atoms with Crippen molar-refractivity contribution in [3.05, 3.63) is 63.7 Å². The molecule has 0 spiro atoms. The van der Waals surface area contributed by atoms with Gasteiger partial charge >= 0.3 is 5.69 Å². The van der Waals surface area contributed by atoms with Crippen LogP contribution in [-0.2, 0) is 0 Å². The zero-order valence-corrected chi connectivity index (χ0v) is 10.8. The average Bonchev–Trinajstić information content (AvgIpc) is 2.42. The topological polar surface area (TPSA) is 69.4 Å². The van der Waals surface area contributed by atoms with Crippen molar-refractivity contribution in [2.24, 2.45) is 0 Å². The average molecular weight is 293 g/mol. The number of rotatable bonds is 4. The van der Waals surface area contributed by atoms with Gasteiger partial charge in [-0.1, -0.05) is 12.1 Å². The molecule has 2 aromatic carbocycles. The predicted octanol–water partition coefficient (Wildman–Crippen LogP) is 3.87. The van der Waals surface area contributed by atoms with E-state index in [0.29, 0.717) is 12.1 Å². The molecule has 0 saturated heterocycles. The van der Waals surface area contributed by atoms with Gasteiger partial charge in [-0.05, 0) is 19.1 Å². The molecule has 0 N–H and O–H groups in total. The molecule has 0 fully saturated rings. The highest BCUT2D eigenvalue weighted by molar-refractivity contribution is 5.96. The molecule has 0 unspecified atom stereocenters. The van der Waals surface area contributed by atoms with E-state index in [1.54, 1.807) is 12.1 Å². The first-order valence-electron chi connectivity index (χ1n) is 5.81. The van der Waals surface area contributed by atoms with Crippen LogP contribution < -0.4 is 4.74 Å². The lowest BCUT2D eigenvalue weighted by molar-refractivity contribution is -0.387. The Morgan fingerprint density at radius 2 is 1.81 bits per heavy atom. The summed E-state index contributed by atoms with van der Waals surface area (Å²) in [5, 5.41) is 10.5. The monoisotopic (exact) mass is 293 g/mol. The molecular weight excluding hydrogens is 284 g/mol. The molecule has 2 rings (SSSR count). The Morgan fingerprint density at radius 1 is 1.14 bits per heavy atom. The van der Waals surface area contributed by atoms with Gasteiger partial charge in [0.15, 0.2) is 17.3 Å². The third-order valence-electron chi connectivity index (χ3n) is 2.68. The third kappa shape index (κ3) is 3.02. The van der Waals surface area contributed by atoms with Crippen LogP contribution in [0.4, 0.5) is 14.5 Å². The Bertz CT molecular complexity index is 731. The molecule has 108 valence electrons. The highest BCUT2D eigenvalue weighted by Crippen LogP contribution is 2.31. The van der Waals surface area contributed by atoms with Crippen LogP contribution in [0.25, 0.3) is 0 Å². The van der Waals surface area contributed by atoms with Gasteiger partial charge in [-0.25, -0.2) is 4.39 Å². The van der Waals surface area contributed by atoms with Gasteiger partial charge in [-0.3, -0.25) is 14.9 Å². The second-order valence-electron chi connectivity index (χ2n) is 4.15. The fraction of sp³-hybridized carbons (Fsp3) is 0.0714. The van der Waals surface area contributed by atoms with Crippen LogP contribution in [0.15, 0.2) is 36.4 Å². The molecule has 2 aromatic rings. The number of Topliss-reactive ketones (excluding diaryl/α,β-unsaturated/α-hetero) is 1. The quantitative estimate of drug-likeness (QED) is 0.487. The molecule has 0 aliphatic heterocycles. The van der Waals surface area contributed by atoms with Gasteiger partial charge in [-0.2, -0.15) is 4.39 Å². The van der Waals surface area contributed by atoms with Crippen LogP contribution in [0.1, 0.15) is 17.3 Å². The summed E-state index contributed by atoms with van der Waals surface area (Å²) >= 11 is 0. The summed E-state index contributed by atoms with van der Waals surface area (Å²) in [7, 11) is 0. The number of nitro groups is 1. The molecule has 0 radical (unpaired) electrons. The van der Waals surface area contributed by atoms with Crippen molar-refractivity contribution < 1.29 is 23.2 Å². The van der Waals surface area contributed by atoms with Gasteiger partial charge in [-0.15, -0.1) is 0 Å². The first-order valence-corrected chi connectivity index (χ1v) is 5.81. The number of nitrogens with zero attached hydrogens (tertiary/aromatic N) is 1. The minimum atomic E-state index is -1.23. The van der Waals surface area contributed by atoms with Crippen molar-refractivity contribution in [3.63, 3.8) is 0 Å². The predicted molar refractivity (Wildman–Crippen MR) is 69.5 cm³/mol. The molecule has 0 bridgehead atoms. The smallest absolute Gasteiger partial charge is 0.307 e. The van der Waals surface area contributed by atoms with Crippen molar-refractivity contribution in [3.8, 4) is 11.5 Å². The lowest BCUT2D eigenvalue weighted by Crippen LogP contribution is -2.00. The number of halogens is 2. The van der Waals surface area contributed by atoms with Crippen LogP contribution in [-0.4, -0.2) is 10.7 Å². The fourth-order valence-corrected chi connectivity index (χ4v) is 1.70. The summed E-state index contributed by atoms with van der Waals surface area (Å²) in [6.45, 7) is 1.30. The Morgan fingerprint density at radius 3 is 2.43 bits per heavy atom. The van der Waals surface area contributed by atoms with Gasteiger partial charge in [0, 0.05) is 6.07 Å². The minimum Gasteiger partial charge on any atom is -0.453 e. The third-order valence-corrected chi connectivity index (χ3v) is 2.68. The zero-order chi connectivity index (χ0) is 15.6. The van der Waals surface area contributed by atoms with Gasteiger partial charge in [0.1, 0.15) is 5.75 Å². The maximum atomic E-state index is 13.7. The van der Waals surface area contributed by atoms with E-state index in [0.717, 1.165) is 0 Å². The van der Waals surface area contributed by atoms with Crippen molar-refractivity contribution >= 4 is 11.5 Å². The summed E-state index contributed by atoms with van der Waals surface area (Å²) in [5.74, 6) is -3.13. The maximum Gasteiger partial charge on any atom is 0.307 e. The SMILES string of the molecule is CC(=O)c1ccccc1Oc1cc(F)c([N+](=O)[O-])cc1F. The van der Waals surface area contributed by atoms with E-state index >= 15 is 0 Å². The molecule has 0 atom stereocenters. The number of hydrogen-bond donors (Lipinski definition) is 0. The van der Waals surface area contributed by atoms with Crippen molar-refractivity contribution in [2.75, 3.05) is 0 Å². The molecule has 0 aromatic heterocycles. The standard InChI is InChI=1S/C14H9F2NO4/c1-8(18)9-4-2-3-5-13(9)21-14-7-10(15)12(17(19)20)6-11(14)16/h2-7H,1H3. The van der Waals surface area contributed by atoms with Crippen molar-refractivity contribution in [2.45, 2.75) is 6.92 Å². The number of carbonyl (C=O) groups excluding carboxylic acids is 1. The van der Waals surface area contributed by atoms with Crippen LogP contribution >= 0.6 is 0 Å². The number of ether oxygens (including phenoxy) is 1. The van der Waals surface area contributed by atoms with Crippen LogP contribution in [0.5, 0.6) is 11.5 Å². The number of nitro benzene ring substituents is 1. The van der Waals surface area contributed by atoms with E-state index in [4.69, 9.17) is 4.74 Å². The van der Waals surface area contributed by atoms with Gasteiger partial charge < -0.3 is 4.74 Å². The molecule has 0 heterocycles.